The first-order valence-electron chi connectivity index (χ1n) is 10.0. The van der Waals surface area contributed by atoms with Gasteiger partial charge in [-0.25, -0.2) is 0 Å². The van der Waals surface area contributed by atoms with E-state index in [0.717, 1.165) is 12.1 Å². The van der Waals surface area contributed by atoms with E-state index in [-0.39, 0.29) is 41.0 Å². The van der Waals surface area contributed by atoms with Crippen molar-refractivity contribution in [3.63, 3.8) is 0 Å². The highest BCUT2D eigenvalue weighted by atomic mass is 16.6. The Labute approximate surface area is 154 Å². The summed E-state index contributed by atoms with van der Waals surface area (Å²) in [6.07, 6.45) is 6.66. The molecule has 5 heteroatoms. The number of fused-ring (bicyclic) bond motifs is 2. The molecular formula is C21H28N2O3. The molecule has 3 heterocycles. The van der Waals surface area contributed by atoms with Crippen LogP contribution in [-0.2, 0) is 20.8 Å². The van der Waals surface area contributed by atoms with Crippen LogP contribution in [0.15, 0.2) is 24.4 Å². The Bertz CT molecular complexity index is 710. The molecule has 0 bridgehead atoms. The van der Waals surface area contributed by atoms with Crippen LogP contribution in [0.1, 0.15) is 45.2 Å². The second-order valence-corrected chi connectivity index (χ2v) is 9.00. The summed E-state index contributed by atoms with van der Waals surface area (Å²) in [5.74, 6) is 0.623. The number of ether oxygens (including phenoxy) is 2. The number of hydrogen-bond donors (Lipinski definition) is 1. The fraction of sp³-hybridized carbons (Fsp3) is 0.714. The fourth-order valence-electron chi connectivity index (χ4n) is 6.32. The molecule has 1 aromatic rings. The second kappa shape index (κ2) is 5.77. The number of esters is 1. The first-order valence-corrected chi connectivity index (χ1v) is 10.0. The molecule has 0 amide bonds. The van der Waals surface area contributed by atoms with Gasteiger partial charge in [0.2, 0.25) is 0 Å². The molecule has 140 valence electrons. The molecule has 1 aromatic heterocycles. The van der Waals surface area contributed by atoms with Gasteiger partial charge in [-0.3, -0.25) is 9.78 Å². The van der Waals surface area contributed by atoms with Crippen LogP contribution in [-0.4, -0.2) is 35.3 Å². The molecule has 7 atom stereocenters. The van der Waals surface area contributed by atoms with Gasteiger partial charge in [-0.1, -0.05) is 26.3 Å². The molecule has 2 aliphatic heterocycles. The van der Waals surface area contributed by atoms with Crippen LogP contribution in [0.3, 0.4) is 0 Å². The lowest BCUT2D eigenvalue weighted by Crippen LogP contribution is -2.54. The van der Waals surface area contributed by atoms with E-state index < -0.39 is 0 Å². The maximum Gasteiger partial charge on any atom is 0.311 e. The Balaban J connectivity index is 1.32. The zero-order valence-electron chi connectivity index (χ0n) is 15.6. The Hall–Kier alpha value is -1.46. The smallest absolute Gasteiger partial charge is 0.311 e. The second-order valence-electron chi connectivity index (χ2n) is 9.00. The van der Waals surface area contributed by atoms with Gasteiger partial charge >= 0.3 is 5.97 Å². The van der Waals surface area contributed by atoms with Crippen molar-refractivity contribution in [1.29, 1.82) is 0 Å². The summed E-state index contributed by atoms with van der Waals surface area (Å²) in [4.78, 5) is 16.9. The molecule has 0 radical (unpaired) electrons. The molecule has 2 aliphatic carbocycles. The number of carbonyl (C=O) groups is 1. The lowest BCUT2D eigenvalue weighted by molar-refractivity contribution is -0.146. The summed E-state index contributed by atoms with van der Waals surface area (Å²) in [5, 5.41) is 3.42. The van der Waals surface area contributed by atoms with E-state index >= 15 is 0 Å². The first kappa shape index (κ1) is 16.7. The SMILES string of the molecule is C[C@H]1CCC[C@]2(C)C[C@H]3OC(=O)[C@H](CNCc4ccccn4)[C@H]3[C@@H]3O[C@]132. The van der Waals surface area contributed by atoms with E-state index in [9.17, 15) is 4.79 Å². The van der Waals surface area contributed by atoms with Gasteiger partial charge in [-0.15, -0.1) is 0 Å². The molecular weight excluding hydrogens is 328 g/mol. The number of pyridine rings is 1. The van der Waals surface area contributed by atoms with Gasteiger partial charge in [0.25, 0.3) is 0 Å². The van der Waals surface area contributed by atoms with Gasteiger partial charge in [0, 0.05) is 30.6 Å². The Morgan fingerprint density at radius 1 is 1.38 bits per heavy atom. The van der Waals surface area contributed by atoms with E-state index in [1.54, 1.807) is 6.20 Å². The van der Waals surface area contributed by atoms with Crippen molar-refractivity contribution in [3.8, 4) is 0 Å². The Morgan fingerprint density at radius 2 is 2.27 bits per heavy atom. The molecule has 26 heavy (non-hydrogen) atoms. The maximum atomic E-state index is 12.6. The minimum atomic E-state index is -0.105. The van der Waals surface area contributed by atoms with Gasteiger partial charge in [0.1, 0.15) is 11.7 Å². The summed E-state index contributed by atoms with van der Waals surface area (Å²) in [7, 11) is 0. The zero-order chi connectivity index (χ0) is 17.9. The molecule has 4 fully saturated rings. The van der Waals surface area contributed by atoms with Crippen molar-refractivity contribution in [2.75, 3.05) is 6.54 Å². The average molecular weight is 356 g/mol. The topological polar surface area (TPSA) is 63.8 Å². The van der Waals surface area contributed by atoms with Crippen molar-refractivity contribution in [1.82, 2.24) is 10.3 Å². The molecule has 1 N–H and O–H groups in total. The maximum absolute atomic E-state index is 12.6. The highest BCUT2D eigenvalue weighted by Crippen LogP contribution is 2.70. The van der Waals surface area contributed by atoms with Gasteiger partial charge in [-0.05, 0) is 37.3 Å². The summed E-state index contributed by atoms with van der Waals surface area (Å²) in [6, 6.07) is 5.90. The number of rotatable bonds is 4. The minimum absolute atomic E-state index is 0.0143. The van der Waals surface area contributed by atoms with Crippen LogP contribution in [0, 0.1) is 23.2 Å². The number of aromatic nitrogens is 1. The fourth-order valence-corrected chi connectivity index (χ4v) is 6.32. The van der Waals surface area contributed by atoms with E-state index in [1.807, 2.05) is 18.2 Å². The van der Waals surface area contributed by atoms with E-state index in [4.69, 9.17) is 9.47 Å². The number of nitrogens with zero attached hydrogens (tertiary/aromatic N) is 1. The van der Waals surface area contributed by atoms with E-state index in [2.05, 4.69) is 24.1 Å². The molecule has 0 aromatic carbocycles. The van der Waals surface area contributed by atoms with Crippen molar-refractivity contribution < 1.29 is 14.3 Å². The molecule has 5 rings (SSSR count). The molecule has 4 aliphatic rings. The summed E-state index contributed by atoms with van der Waals surface area (Å²) in [5.41, 5.74) is 1.14. The molecule has 2 saturated heterocycles. The standard InChI is InChI=1S/C21H28N2O3/c1-13-6-5-8-20(2)10-16-17(18-21(13,20)26-18)15(19(24)25-16)12-22-11-14-7-3-4-9-23-14/h3-4,7,9,13,15-18,22H,5-6,8,10-12H2,1-2H3/t13-,15+,16+,17+,18-,20+,21+/m0/s1. The van der Waals surface area contributed by atoms with E-state index in [1.165, 1.54) is 19.3 Å². The minimum Gasteiger partial charge on any atom is -0.462 e. The summed E-state index contributed by atoms with van der Waals surface area (Å²) in [6.45, 7) is 6.01. The number of epoxide rings is 1. The van der Waals surface area contributed by atoms with Crippen LogP contribution in [0.2, 0.25) is 0 Å². The molecule has 0 unspecified atom stereocenters. The van der Waals surface area contributed by atoms with Crippen molar-refractivity contribution in [2.45, 2.75) is 63.9 Å². The average Bonchev–Trinajstić information content (AvgIpc) is 3.30. The normalized spacial score (nSPS) is 46.1. The predicted molar refractivity (Wildman–Crippen MR) is 96.1 cm³/mol. The number of hydrogen-bond acceptors (Lipinski definition) is 5. The van der Waals surface area contributed by atoms with Gasteiger partial charge in [-0.2, -0.15) is 0 Å². The van der Waals surface area contributed by atoms with E-state index in [0.29, 0.717) is 19.0 Å². The monoisotopic (exact) mass is 356 g/mol. The highest BCUT2D eigenvalue weighted by molar-refractivity contribution is 5.76. The molecule has 2 saturated carbocycles. The van der Waals surface area contributed by atoms with Crippen molar-refractivity contribution >= 4 is 5.97 Å². The Kier molecular flexibility index (Phi) is 3.70. The third-order valence-corrected chi connectivity index (χ3v) is 7.59. The van der Waals surface area contributed by atoms with Crippen LogP contribution < -0.4 is 5.32 Å². The number of carbonyl (C=O) groups excluding carboxylic acids is 1. The number of nitrogens with one attached hydrogen (secondary N) is 1. The highest BCUT2D eigenvalue weighted by Gasteiger charge is 2.78. The predicted octanol–water partition coefficient (Wildman–Crippen LogP) is 2.70. The quantitative estimate of drug-likeness (QED) is 0.664. The molecule has 1 spiro atoms. The van der Waals surface area contributed by atoms with Crippen LogP contribution in [0.5, 0.6) is 0 Å². The lowest BCUT2D eigenvalue weighted by Gasteiger charge is -2.48. The van der Waals surface area contributed by atoms with Crippen molar-refractivity contribution in [3.05, 3.63) is 30.1 Å². The first-order chi connectivity index (χ1) is 12.6. The zero-order valence-corrected chi connectivity index (χ0v) is 15.6. The third-order valence-electron chi connectivity index (χ3n) is 7.59. The largest absolute Gasteiger partial charge is 0.462 e. The lowest BCUT2D eigenvalue weighted by atomic mass is 9.53. The van der Waals surface area contributed by atoms with Crippen LogP contribution in [0.25, 0.3) is 0 Å². The van der Waals surface area contributed by atoms with Gasteiger partial charge in [0.05, 0.1) is 17.7 Å². The summed E-state index contributed by atoms with van der Waals surface area (Å²) < 4.78 is 12.3. The van der Waals surface area contributed by atoms with Gasteiger partial charge in [0.15, 0.2) is 0 Å². The Morgan fingerprint density at radius 3 is 3.08 bits per heavy atom. The third kappa shape index (κ3) is 2.23. The molecule has 5 nitrogen and oxygen atoms in total. The van der Waals surface area contributed by atoms with Crippen LogP contribution in [0.4, 0.5) is 0 Å². The van der Waals surface area contributed by atoms with Crippen molar-refractivity contribution in [2.24, 2.45) is 23.2 Å². The van der Waals surface area contributed by atoms with Gasteiger partial charge < -0.3 is 14.8 Å². The van der Waals surface area contributed by atoms with Crippen LogP contribution >= 0.6 is 0 Å². The summed E-state index contributed by atoms with van der Waals surface area (Å²) >= 11 is 0.